The number of nitrogens with one attached hydrogen (secondary N) is 1. The fourth-order valence-electron chi connectivity index (χ4n) is 1.41. The van der Waals surface area contributed by atoms with Gasteiger partial charge in [0.05, 0.1) is 17.1 Å². The molecule has 0 atom stereocenters. The molecule has 0 aliphatic carbocycles. The van der Waals surface area contributed by atoms with Crippen molar-refractivity contribution in [1.29, 1.82) is 0 Å². The molecule has 0 saturated heterocycles. The second-order valence-electron chi connectivity index (χ2n) is 5.26. The monoisotopic (exact) mass is 409 g/mol. The summed E-state index contributed by atoms with van der Waals surface area (Å²) in [4.78, 5) is 23.2. The first kappa shape index (κ1) is 17.2. The number of esters is 1. The van der Waals surface area contributed by atoms with E-state index in [0.717, 1.165) is 3.57 Å². The Hall–Kier alpha value is -0.820. The van der Waals surface area contributed by atoms with Crippen LogP contribution in [0.4, 0.5) is 5.69 Å². The van der Waals surface area contributed by atoms with E-state index in [9.17, 15) is 9.59 Å². The number of carbonyl (C=O) groups is 2. The Balaban J connectivity index is 2.46. The lowest BCUT2D eigenvalue weighted by Gasteiger charge is -2.19. The molecule has 0 aliphatic heterocycles. The molecule has 110 valence electrons. The fraction of sp³-hybridized carbons (Fsp3) is 0.429. The summed E-state index contributed by atoms with van der Waals surface area (Å²) in [6.07, 6.45) is 0.113. The summed E-state index contributed by atoms with van der Waals surface area (Å²) in [6.45, 7) is 5.36. The zero-order valence-corrected chi connectivity index (χ0v) is 14.5. The highest BCUT2D eigenvalue weighted by molar-refractivity contribution is 14.1. The highest BCUT2D eigenvalue weighted by Crippen LogP contribution is 2.24. The minimum atomic E-state index is -0.535. The molecule has 4 nitrogen and oxygen atoms in total. The second kappa shape index (κ2) is 7.26. The van der Waals surface area contributed by atoms with E-state index in [2.05, 4.69) is 27.9 Å². The summed E-state index contributed by atoms with van der Waals surface area (Å²) in [7, 11) is 0. The lowest BCUT2D eigenvalue weighted by atomic mass is 10.2. The van der Waals surface area contributed by atoms with Crippen LogP contribution in [0.2, 0.25) is 5.02 Å². The van der Waals surface area contributed by atoms with Gasteiger partial charge in [-0.3, -0.25) is 9.59 Å². The van der Waals surface area contributed by atoms with Crippen LogP contribution < -0.4 is 5.32 Å². The highest BCUT2D eigenvalue weighted by atomic mass is 127. The summed E-state index contributed by atoms with van der Waals surface area (Å²) in [6, 6.07) is 5.33. The third-order valence-electron chi connectivity index (χ3n) is 2.18. The molecule has 1 N–H and O–H groups in total. The van der Waals surface area contributed by atoms with Crippen molar-refractivity contribution in [2.75, 3.05) is 5.32 Å². The summed E-state index contributed by atoms with van der Waals surface area (Å²) in [5, 5.41) is 3.15. The Bertz CT molecular complexity index is 512. The predicted octanol–water partition coefficient (Wildman–Crippen LogP) is 4.01. The third kappa shape index (κ3) is 6.56. The van der Waals surface area contributed by atoms with Gasteiger partial charge in [-0.15, -0.1) is 0 Å². The maximum Gasteiger partial charge on any atom is 0.306 e. The maximum atomic E-state index is 11.7. The predicted molar refractivity (Wildman–Crippen MR) is 87.9 cm³/mol. The number of anilines is 1. The van der Waals surface area contributed by atoms with E-state index in [1.807, 2.05) is 6.07 Å². The van der Waals surface area contributed by atoms with Crippen molar-refractivity contribution in [3.8, 4) is 0 Å². The van der Waals surface area contributed by atoms with Crippen molar-refractivity contribution in [1.82, 2.24) is 0 Å². The average molecular weight is 410 g/mol. The SMILES string of the molecule is CC(C)(C)OC(=O)CCC(=O)Nc1ccc(I)cc1Cl. The number of hydrogen-bond donors (Lipinski definition) is 1. The number of benzene rings is 1. The zero-order valence-electron chi connectivity index (χ0n) is 11.6. The van der Waals surface area contributed by atoms with Crippen molar-refractivity contribution in [2.24, 2.45) is 0 Å². The number of rotatable bonds is 4. The van der Waals surface area contributed by atoms with Crippen LogP contribution >= 0.6 is 34.2 Å². The zero-order chi connectivity index (χ0) is 15.3. The van der Waals surface area contributed by atoms with Crippen molar-refractivity contribution < 1.29 is 14.3 Å². The minimum Gasteiger partial charge on any atom is -0.460 e. The molecule has 0 fully saturated rings. The van der Waals surface area contributed by atoms with Crippen LogP contribution in [0.25, 0.3) is 0 Å². The van der Waals surface area contributed by atoms with Gasteiger partial charge >= 0.3 is 5.97 Å². The van der Waals surface area contributed by atoms with Gasteiger partial charge < -0.3 is 10.1 Å². The topological polar surface area (TPSA) is 55.4 Å². The number of hydrogen-bond acceptors (Lipinski definition) is 3. The number of carbonyl (C=O) groups excluding carboxylic acids is 2. The third-order valence-corrected chi connectivity index (χ3v) is 3.17. The van der Waals surface area contributed by atoms with Crippen LogP contribution in [0.15, 0.2) is 18.2 Å². The van der Waals surface area contributed by atoms with Gasteiger partial charge in [0.25, 0.3) is 0 Å². The first-order valence-electron chi connectivity index (χ1n) is 6.14. The normalized spacial score (nSPS) is 11.1. The molecule has 20 heavy (non-hydrogen) atoms. The summed E-state index contributed by atoms with van der Waals surface area (Å²) in [5.41, 5.74) is 0.00811. The lowest BCUT2D eigenvalue weighted by Crippen LogP contribution is -2.24. The quantitative estimate of drug-likeness (QED) is 0.604. The first-order valence-corrected chi connectivity index (χ1v) is 7.60. The van der Waals surface area contributed by atoms with Gasteiger partial charge in [-0.1, -0.05) is 11.6 Å². The van der Waals surface area contributed by atoms with E-state index in [1.54, 1.807) is 32.9 Å². The molecule has 0 spiro atoms. The van der Waals surface area contributed by atoms with Crippen LogP contribution in [0.1, 0.15) is 33.6 Å². The second-order valence-corrected chi connectivity index (χ2v) is 6.91. The molecule has 6 heteroatoms. The van der Waals surface area contributed by atoms with Gasteiger partial charge in [0.2, 0.25) is 5.91 Å². The van der Waals surface area contributed by atoms with Gasteiger partial charge in [-0.25, -0.2) is 0 Å². The molecule has 1 aromatic carbocycles. The molecule has 1 amide bonds. The van der Waals surface area contributed by atoms with Crippen molar-refractivity contribution in [3.05, 3.63) is 26.8 Å². The standard InChI is InChI=1S/C14H17ClINO3/c1-14(2,3)20-13(19)7-6-12(18)17-11-5-4-9(16)8-10(11)15/h4-5,8H,6-7H2,1-3H3,(H,17,18). The first-order chi connectivity index (χ1) is 9.17. The molecule has 1 aromatic rings. The molecule has 0 bridgehead atoms. The summed E-state index contributed by atoms with van der Waals surface area (Å²) in [5.74, 6) is -0.652. The molecule has 0 radical (unpaired) electrons. The maximum absolute atomic E-state index is 11.7. The van der Waals surface area contributed by atoms with Gasteiger partial charge in [0.15, 0.2) is 0 Å². The number of amides is 1. The highest BCUT2D eigenvalue weighted by Gasteiger charge is 2.17. The molecular weight excluding hydrogens is 393 g/mol. The summed E-state index contributed by atoms with van der Waals surface area (Å²) < 4.78 is 6.12. The Kier molecular flexibility index (Phi) is 6.26. The van der Waals surface area contributed by atoms with Crippen LogP contribution in [0.5, 0.6) is 0 Å². The Morgan fingerprint density at radius 3 is 2.50 bits per heavy atom. The van der Waals surface area contributed by atoms with E-state index < -0.39 is 5.60 Å². The van der Waals surface area contributed by atoms with E-state index in [1.165, 1.54) is 0 Å². The van der Waals surface area contributed by atoms with E-state index in [4.69, 9.17) is 16.3 Å². The lowest BCUT2D eigenvalue weighted by molar-refractivity contribution is -0.155. The fourth-order valence-corrected chi connectivity index (χ4v) is 2.31. The van der Waals surface area contributed by atoms with Gasteiger partial charge in [-0.05, 0) is 61.6 Å². The van der Waals surface area contributed by atoms with E-state index >= 15 is 0 Å². The van der Waals surface area contributed by atoms with E-state index in [0.29, 0.717) is 10.7 Å². The smallest absolute Gasteiger partial charge is 0.306 e. The molecule has 0 unspecified atom stereocenters. The molecular formula is C14H17ClINO3. The molecule has 0 aliphatic rings. The molecule has 0 aromatic heterocycles. The van der Waals surface area contributed by atoms with Crippen LogP contribution in [0.3, 0.4) is 0 Å². The van der Waals surface area contributed by atoms with Crippen LogP contribution in [-0.2, 0) is 14.3 Å². The molecule has 1 rings (SSSR count). The van der Waals surface area contributed by atoms with Crippen LogP contribution in [-0.4, -0.2) is 17.5 Å². The summed E-state index contributed by atoms with van der Waals surface area (Å²) >= 11 is 8.15. The Morgan fingerprint density at radius 2 is 1.95 bits per heavy atom. The Labute approximate surface area is 137 Å². The van der Waals surface area contributed by atoms with Crippen LogP contribution in [0, 0.1) is 3.57 Å². The minimum absolute atomic E-state index is 0.0467. The molecule has 0 heterocycles. The van der Waals surface area contributed by atoms with Gasteiger partial charge in [0, 0.05) is 9.99 Å². The van der Waals surface area contributed by atoms with Crippen molar-refractivity contribution >= 4 is 51.8 Å². The Morgan fingerprint density at radius 1 is 1.30 bits per heavy atom. The van der Waals surface area contributed by atoms with Crippen molar-refractivity contribution in [3.63, 3.8) is 0 Å². The van der Waals surface area contributed by atoms with Gasteiger partial charge in [-0.2, -0.15) is 0 Å². The number of halogens is 2. The van der Waals surface area contributed by atoms with Gasteiger partial charge in [0.1, 0.15) is 5.60 Å². The molecule has 0 saturated carbocycles. The number of ether oxygens (including phenoxy) is 1. The largest absolute Gasteiger partial charge is 0.460 e. The average Bonchev–Trinajstić information content (AvgIpc) is 2.28. The van der Waals surface area contributed by atoms with Crippen molar-refractivity contribution in [2.45, 2.75) is 39.2 Å². The van der Waals surface area contributed by atoms with E-state index in [-0.39, 0.29) is 24.7 Å².